The maximum absolute atomic E-state index is 13.2. The molecule has 4 rings (SSSR count). The van der Waals surface area contributed by atoms with Crippen molar-refractivity contribution in [2.45, 2.75) is 24.8 Å². The highest BCUT2D eigenvalue weighted by Crippen LogP contribution is 2.42. The van der Waals surface area contributed by atoms with Crippen LogP contribution in [-0.4, -0.2) is 32.3 Å². The fourth-order valence-electron chi connectivity index (χ4n) is 4.04. The van der Waals surface area contributed by atoms with Gasteiger partial charge in [0.1, 0.15) is 11.5 Å². The molecule has 0 radical (unpaired) electrons. The van der Waals surface area contributed by atoms with E-state index in [1.54, 1.807) is 36.4 Å². The smallest absolute Gasteiger partial charge is 0.300 e. The van der Waals surface area contributed by atoms with E-state index in [2.05, 4.69) is 0 Å². The number of hydrogen-bond donors (Lipinski definition) is 2. The summed E-state index contributed by atoms with van der Waals surface area (Å²) in [6.07, 6.45) is 0. The molecule has 1 amide bonds. The van der Waals surface area contributed by atoms with E-state index in [0.29, 0.717) is 16.9 Å². The molecular formula is C26H24N2O6S. The van der Waals surface area contributed by atoms with Crippen LogP contribution in [0.3, 0.4) is 0 Å². The monoisotopic (exact) mass is 492 g/mol. The second-order valence-corrected chi connectivity index (χ2v) is 9.84. The number of nitrogens with zero attached hydrogens (tertiary/aromatic N) is 1. The number of ether oxygens (including phenoxy) is 1. The molecule has 1 saturated heterocycles. The summed E-state index contributed by atoms with van der Waals surface area (Å²) in [6, 6.07) is 16.4. The molecule has 1 aliphatic rings. The molecule has 3 aromatic carbocycles. The van der Waals surface area contributed by atoms with E-state index in [1.807, 2.05) is 19.9 Å². The third kappa shape index (κ3) is 4.43. The number of sulfonamides is 1. The van der Waals surface area contributed by atoms with Crippen molar-refractivity contribution in [2.24, 2.45) is 5.14 Å². The number of methoxy groups -OCH3 is 1. The Bertz CT molecular complexity index is 1460. The number of hydrogen-bond acceptors (Lipinski definition) is 6. The number of amides is 1. The number of nitrogens with two attached hydrogens (primary N) is 1. The van der Waals surface area contributed by atoms with Crippen molar-refractivity contribution in [3.8, 4) is 5.75 Å². The highest BCUT2D eigenvalue weighted by atomic mass is 32.2. The summed E-state index contributed by atoms with van der Waals surface area (Å²) in [5.41, 5.74) is 3.12. The number of anilines is 1. The van der Waals surface area contributed by atoms with Crippen LogP contribution < -0.4 is 14.8 Å². The zero-order valence-electron chi connectivity index (χ0n) is 19.3. The third-order valence-electron chi connectivity index (χ3n) is 6.10. The van der Waals surface area contributed by atoms with Crippen molar-refractivity contribution in [1.82, 2.24) is 0 Å². The number of benzene rings is 3. The van der Waals surface area contributed by atoms with E-state index in [4.69, 9.17) is 9.88 Å². The Kier molecular flexibility index (Phi) is 6.23. The van der Waals surface area contributed by atoms with Gasteiger partial charge in [-0.15, -0.1) is 0 Å². The third-order valence-corrected chi connectivity index (χ3v) is 7.03. The molecule has 3 aromatic rings. The van der Waals surface area contributed by atoms with Gasteiger partial charge in [0.15, 0.2) is 0 Å². The van der Waals surface area contributed by atoms with Gasteiger partial charge in [0.2, 0.25) is 10.0 Å². The molecule has 3 N–H and O–H groups in total. The summed E-state index contributed by atoms with van der Waals surface area (Å²) in [4.78, 5) is 27.6. The molecule has 0 spiro atoms. The summed E-state index contributed by atoms with van der Waals surface area (Å²) < 4.78 is 28.6. The number of primary sulfonamides is 1. The number of aliphatic hydroxyl groups excluding tert-OH is 1. The summed E-state index contributed by atoms with van der Waals surface area (Å²) in [5.74, 6) is -1.41. The molecule has 0 aliphatic carbocycles. The van der Waals surface area contributed by atoms with Crippen LogP contribution in [0.2, 0.25) is 0 Å². The van der Waals surface area contributed by atoms with Gasteiger partial charge in [0, 0.05) is 11.3 Å². The Hall–Kier alpha value is -3.95. The fraction of sp³-hybridized carbons (Fsp3) is 0.154. The topological polar surface area (TPSA) is 127 Å². The first kappa shape index (κ1) is 24.2. The molecular weight excluding hydrogens is 468 g/mol. The largest absolute Gasteiger partial charge is 0.507 e. The second-order valence-electron chi connectivity index (χ2n) is 8.28. The van der Waals surface area contributed by atoms with Gasteiger partial charge in [0.25, 0.3) is 11.7 Å². The Morgan fingerprint density at radius 2 is 1.57 bits per heavy atom. The SMILES string of the molecule is COc1ccc(C2/C(=C(\O)c3ccc(C)c(C)c3)C(=O)C(=O)N2c2ccc(S(N)(=O)=O)cc2)cc1. The zero-order chi connectivity index (χ0) is 25.5. The van der Waals surface area contributed by atoms with E-state index < -0.39 is 27.8 Å². The van der Waals surface area contributed by atoms with Gasteiger partial charge >= 0.3 is 0 Å². The van der Waals surface area contributed by atoms with Crippen LogP contribution >= 0.6 is 0 Å². The van der Waals surface area contributed by atoms with Gasteiger partial charge in [-0.3, -0.25) is 14.5 Å². The first-order valence-electron chi connectivity index (χ1n) is 10.7. The van der Waals surface area contributed by atoms with Gasteiger partial charge in [-0.05, 0) is 73.0 Å². The van der Waals surface area contributed by atoms with E-state index in [9.17, 15) is 23.1 Å². The maximum Gasteiger partial charge on any atom is 0.300 e. The molecule has 180 valence electrons. The average molecular weight is 493 g/mol. The second kappa shape index (κ2) is 9.01. The lowest BCUT2D eigenvalue weighted by atomic mass is 9.94. The number of aliphatic hydroxyl groups is 1. The van der Waals surface area contributed by atoms with Gasteiger partial charge in [0.05, 0.1) is 23.6 Å². The summed E-state index contributed by atoms with van der Waals surface area (Å²) >= 11 is 0. The Labute approximate surface area is 203 Å². The number of aryl methyl sites for hydroxylation is 2. The molecule has 9 heteroatoms. The lowest BCUT2D eigenvalue weighted by molar-refractivity contribution is -0.132. The van der Waals surface area contributed by atoms with Crippen LogP contribution in [0, 0.1) is 13.8 Å². The molecule has 8 nitrogen and oxygen atoms in total. The standard InChI is InChI=1S/C26H24N2O6S/c1-15-4-5-18(14-16(15)2)24(29)22-23(17-6-10-20(34-3)11-7-17)28(26(31)25(22)30)19-8-12-21(13-9-19)35(27,32)33/h4-14,23,29H,1-3H3,(H2,27,32,33)/b24-22+. The minimum Gasteiger partial charge on any atom is -0.507 e. The van der Waals surface area contributed by atoms with Gasteiger partial charge in [-0.2, -0.15) is 0 Å². The van der Waals surface area contributed by atoms with E-state index in [-0.39, 0.29) is 21.9 Å². The fourth-order valence-corrected chi connectivity index (χ4v) is 4.56. The predicted molar refractivity (Wildman–Crippen MR) is 132 cm³/mol. The minimum absolute atomic E-state index is 0.0704. The highest BCUT2D eigenvalue weighted by molar-refractivity contribution is 7.89. The highest BCUT2D eigenvalue weighted by Gasteiger charge is 2.47. The Morgan fingerprint density at radius 3 is 2.11 bits per heavy atom. The molecule has 1 heterocycles. The van der Waals surface area contributed by atoms with Crippen LogP contribution in [0.25, 0.3) is 5.76 Å². The Morgan fingerprint density at radius 1 is 0.943 bits per heavy atom. The van der Waals surface area contributed by atoms with Crippen LogP contribution in [0.4, 0.5) is 5.69 Å². The van der Waals surface area contributed by atoms with Gasteiger partial charge in [-0.25, -0.2) is 13.6 Å². The van der Waals surface area contributed by atoms with Crippen molar-refractivity contribution in [3.05, 3.63) is 94.6 Å². The number of ketones is 1. The van der Waals surface area contributed by atoms with Crippen molar-refractivity contribution < 1.29 is 27.9 Å². The van der Waals surface area contributed by atoms with E-state index >= 15 is 0 Å². The van der Waals surface area contributed by atoms with Gasteiger partial charge in [-0.1, -0.05) is 24.3 Å². The van der Waals surface area contributed by atoms with Crippen molar-refractivity contribution >= 4 is 33.2 Å². The number of carbonyl (C=O) groups excluding carboxylic acids is 2. The lowest BCUT2D eigenvalue weighted by Gasteiger charge is -2.25. The molecule has 35 heavy (non-hydrogen) atoms. The van der Waals surface area contributed by atoms with Crippen molar-refractivity contribution in [2.75, 3.05) is 12.0 Å². The van der Waals surface area contributed by atoms with E-state index in [1.165, 1.54) is 36.3 Å². The van der Waals surface area contributed by atoms with Crippen LogP contribution in [0.15, 0.2) is 77.2 Å². The van der Waals surface area contributed by atoms with Crippen molar-refractivity contribution in [1.29, 1.82) is 0 Å². The molecule has 0 saturated carbocycles. The number of rotatable bonds is 5. The first-order chi connectivity index (χ1) is 16.5. The minimum atomic E-state index is -3.94. The quantitative estimate of drug-likeness (QED) is 0.318. The first-order valence-corrected chi connectivity index (χ1v) is 12.2. The molecule has 1 aliphatic heterocycles. The molecule has 1 fully saturated rings. The van der Waals surface area contributed by atoms with Gasteiger partial charge < -0.3 is 9.84 Å². The molecule has 1 unspecified atom stereocenters. The zero-order valence-corrected chi connectivity index (χ0v) is 20.2. The molecule has 1 atom stereocenters. The number of Topliss-reactive ketones (excluding diaryl/α,β-unsaturated/α-hetero) is 1. The summed E-state index contributed by atoms with van der Waals surface area (Å²) in [6.45, 7) is 3.82. The maximum atomic E-state index is 13.2. The van der Waals surface area contributed by atoms with Crippen LogP contribution in [-0.2, 0) is 19.6 Å². The summed E-state index contributed by atoms with van der Waals surface area (Å²) in [7, 11) is -2.42. The van der Waals surface area contributed by atoms with E-state index in [0.717, 1.165) is 11.1 Å². The van der Waals surface area contributed by atoms with Crippen molar-refractivity contribution in [3.63, 3.8) is 0 Å². The van der Waals surface area contributed by atoms with Crippen LogP contribution in [0.1, 0.15) is 28.3 Å². The van der Waals surface area contributed by atoms with Crippen LogP contribution in [0.5, 0.6) is 5.75 Å². The summed E-state index contributed by atoms with van der Waals surface area (Å²) in [5, 5.41) is 16.4. The molecule has 0 aromatic heterocycles. The average Bonchev–Trinajstić information content (AvgIpc) is 3.10. The predicted octanol–water partition coefficient (Wildman–Crippen LogP) is 3.59. The molecule has 0 bridgehead atoms. The lowest BCUT2D eigenvalue weighted by Crippen LogP contribution is -2.29. The Balaban J connectivity index is 1.92. The normalized spacial score (nSPS) is 17.6. The number of carbonyl (C=O) groups is 2.